The Bertz CT molecular complexity index is 756. The molecule has 0 aromatic rings. The summed E-state index contributed by atoms with van der Waals surface area (Å²) in [6.45, 7) is 3.03. The number of hydrogen-bond acceptors (Lipinski definition) is 6. The second kappa shape index (κ2) is 5.82. The fourth-order valence-electron chi connectivity index (χ4n) is 7.03. The molecule has 0 radical (unpaired) electrons. The van der Waals surface area contributed by atoms with Crippen LogP contribution in [0.25, 0.3) is 0 Å². The molecule has 0 aromatic heterocycles. The number of fused-ring (bicyclic) bond motifs is 5. The molecule has 3 saturated carbocycles. The minimum atomic E-state index is -1.70. The molecule has 0 heterocycles. The molecular weight excluding hydrogens is 348 g/mol. The van der Waals surface area contributed by atoms with Crippen LogP contribution in [0, 0.1) is 28.6 Å². The molecule has 0 aromatic carbocycles. The molecule has 0 spiro atoms. The number of hydrogen-bond donors (Lipinski definition) is 3. The minimum Gasteiger partial charge on any atom is -0.389 e. The summed E-state index contributed by atoms with van der Waals surface area (Å²) in [5.74, 6) is -1.14. The van der Waals surface area contributed by atoms with Crippen LogP contribution in [-0.4, -0.2) is 51.0 Å². The van der Waals surface area contributed by atoms with E-state index >= 15 is 0 Å². The first-order valence-corrected chi connectivity index (χ1v) is 9.91. The van der Waals surface area contributed by atoms with Gasteiger partial charge in [0.05, 0.1) is 6.10 Å². The molecule has 4 aliphatic rings. The van der Waals surface area contributed by atoms with Gasteiger partial charge < -0.3 is 15.3 Å². The average Bonchev–Trinajstić information content (AvgIpc) is 2.87. The molecule has 4 aliphatic carbocycles. The summed E-state index contributed by atoms with van der Waals surface area (Å²) >= 11 is 0. The van der Waals surface area contributed by atoms with Gasteiger partial charge in [-0.15, -0.1) is 0 Å². The zero-order valence-electron chi connectivity index (χ0n) is 15.9. The van der Waals surface area contributed by atoms with Crippen LogP contribution in [0.2, 0.25) is 0 Å². The lowest BCUT2D eigenvalue weighted by atomic mass is 9.45. The molecule has 4 rings (SSSR count). The van der Waals surface area contributed by atoms with Crippen molar-refractivity contribution in [2.24, 2.45) is 28.6 Å². The van der Waals surface area contributed by atoms with E-state index < -0.39 is 34.9 Å². The van der Waals surface area contributed by atoms with Gasteiger partial charge in [-0.1, -0.05) is 13.8 Å². The Morgan fingerprint density at radius 2 is 1.96 bits per heavy atom. The maximum absolute atomic E-state index is 13.3. The lowest BCUT2D eigenvalue weighted by Crippen LogP contribution is -2.62. The Morgan fingerprint density at radius 1 is 1.26 bits per heavy atom. The molecule has 7 atom stereocenters. The van der Waals surface area contributed by atoms with Crippen molar-refractivity contribution in [1.82, 2.24) is 0 Å². The van der Waals surface area contributed by atoms with Gasteiger partial charge in [0.2, 0.25) is 0 Å². The third-order valence-corrected chi connectivity index (χ3v) is 8.43. The van der Waals surface area contributed by atoms with E-state index in [4.69, 9.17) is 0 Å². The zero-order chi connectivity index (χ0) is 19.8. The summed E-state index contributed by atoms with van der Waals surface area (Å²) in [6, 6.07) is 0. The summed E-state index contributed by atoms with van der Waals surface area (Å²) in [5.41, 5.74) is -2.49. The first kappa shape index (κ1) is 19.0. The van der Waals surface area contributed by atoms with E-state index in [-0.39, 0.29) is 42.2 Å². The highest BCUT2D eigenvalue weighted by atomic mass is 16.3. The van der Waals surface area contributed by atoms with Crippen LogP contribution in [0.3, 0.4) is 0 Å². The molecular formula is C21H28O6. The van der Waals surface area contributed by atoms with Crippen molar-refractivity contribution in [3.8, 4) is 0 Å². The van der Waals surface area contributed by atoms with Crippen LogP contribution < -0.4 is 0 Å². The Kier molecular flexibility index (Phi) is 4.09. The van der Waals surface area contributed by atoms with Crippen LogP contribution in [0.1, 0.15) is 52.4 Å². The monoisotopic (exact) mass is 376 g/mol. The summed E-state index contributed by atoms with van der Waals surface area (Å²) in [6.07, 6.45) is 2.96. The van der Waals surface area contributed by atoms with Crippen molar-refractivity contribution >= 4 is 17.3 Å². The first-order chi connectivity index (χ1) is 12.6. The number of Topliss-reactive ketones (excluding diaryl/α,β-unsaturated/α-hetero) is 2. The Hall–Kier alpha value is -1.37. The van der Waals surface area contributed by atoms with Gasteiger partial charge in [0, 0.05) is 29.6 Å². The van der Waals surface area contributed by atoms with Gasteiger partial charge >= 0.3 is 0 Å². The molecule has 0 bridgehead atoms. The number of carbonyl (C=O) groups is 3. The minimum absolute atomic E-state index is 0.000497. The Labute approximate surface area is 158 Å². The summed E-state index contributed by atoms with van der Waals surface area (Å²) in [7, 11) is 0. The van der Waals surface area contributed by atoms with Gasteiger partial charge in [-0.3, -0.25) is 14.4 Å². The van der Waals surface area contributed by atoms with Crippen molar-refractivity contribution in [3.05, 3.63) is 11.6 Å². The third-order valence-electron chi connectivity index (χ3n) is 8.43. The average molecular weight is 376 g/mol. The van der Waals surface area contributed by atoms with Crippen LogP contribution in [-0.2, 0) is 14.4 Å². The Balaban J connectivity index is 1.78. The van der Waals surface area contributed by atoms with Crippen LogP contribution in [0.15, 0.2) is 11.6 Å². The SMILES string of the molecule is C[C@]12CCC(=O)C=C1[C@H](O)C[C@H]1[C@H]2C(=O)C[C@@]2(C)[C@@H]1CC[C@]2(O)C(=O)CO. The van der Waals surface area contributed by atoms with E-state index in [0.29, 0.717) is 31.3 Å². The van der Waals surface area contributed by atoms with Crippen molar-refractivity contribution in [2.75, 3.05) is 6.61 Å². The number of carbonyl (C=O) groups excluding carboxylic acids is 3. The standard InChI is InChI=1S/C21H28O6/c1-19-5-3-11(23)7-14(19)15(24)8-12-13-4-6-21(27,17(26)10-22)20(13,2)9-16(25)18(12)19/h7,12-13,15,18,22,24,27H,3-6,8-10H2,1-2H3/t12-,13-,15-,18+,19+,20+,21+/m1/s1. The topological polar surface area (TPSA) is 112 Å². The molecule has 0 amide bonds. The molecule has 0 unspecified atom stereocenters. The summed E-state index contributed by atoms with van der Waals surface area (Å²) in [4.78, 5) is 37.6. The molecule has 0 aliphatic heterocycles. The lowest BCUT2D eigenvalue weighted by molar-refractivity contribution is -0.172. The predicted molar refractivity (Wildman–Crippen MR) is 95.5 cm³/mol. The van der Waals surface area contributed by atoms with Gasteiger partial charge in [0.15, 0.2) is 11.6 Å². The molecule has 3 fully saturated rings. The third kappa shape index (κ3) is 2.26. The van der Waals surface area contributed by atoms with Gasteiger partial charge in [-0.2, -0.15) is 0 Å². The van der Waals surface area contributed by atoms with Crippen molar-refractivity contribution < 1.29 is 29.7 Å². The van der Waals surface area contributed by atoms with E-state index in [1.807, 2.05) is 6.92 Å². The molecule has 3 N–H and O–H groups in total. The van der Waals surface area contributed by atoms with Crippen LogP contribution in [0.5, 0.6) is 0 Å². The molecule has 6 heteroatoms. The number of aliphatic hydroxyl groups is 3. The Morgan fingerprint density at radius 3 is 2.63 bits per heavy atom. The van der Waals surface area contributed by atoms with E-state index in [9.17, 15) is 29.7 Å². The molecule has 148 valence electrons. The van der Waals surface area contributed by atoms with Crippen molar-refractivity contribution in [3.63, 3.8) is 0 Å². The van der Waals surface area contributed by atoms with Crippen molar-refractivity contribution in [2.45, 2.75) is 64.1 Å². The smallest absolute Gasteiger partial charge is 0.190 e. The second-order valence-electron chi connectivity index (χ2n) is 9.52. The number of rotatable bonds is 2. The maximum atomic E-state index is 13.3. The van der Waals surface area contributed by atoms with Gasteiger partial charge in [0.25, 0.3) is 0 Å². The lowest BCUT2D eigenvalue weighted by Gasteiger charge is -2.58. The number of ketones is 3. The van der Waals surface area contributed by atoms with Crippen LogP contribution >= 0.6 is 0 Å². The maximum Gasteiger partial charge on any atom is 0.190 e. The summed E-state index contributed by atoms with van der Waals surface area (Å²) < 4.78 is 0. The van der Waals surface area contributed by atoms with Gasteiger partial charge in [0.1, 0.15) is 18.0 Å². The van der Waals surface area contributed by atoms with Crippen LogP contribution in [0.4, 0.5) is 0 Å². The zero-order valence-corrected chi connectivity index (χ0v) is 15.9. The van der Waals surface area contributed by atoms with Crippen molar-refractivity contribution in [1.29, 1.82) is 0 Å². The first-order valence-electron chi connectivity index (χ1n) is 9.91. The molecule has 6 nitrogen and oxygen atoms in total. The van der Waals surface area contributed by atoms with Gasteiger partial charge in [-0.25, -0.2) is 0 Å². The van der Waals surface area contributed by atoms with Gasteiger partial charge in [-0.05, 0) is 49.2 Å². The fourth-order valence-corrected chi connectivity index (χ4v) is 7.03. The highest BCUT2D eigenvalue weighted by Crippen LogP contribution is 2.66. The van der Waals surface area contributed by atoms with E-state index in [2.05, 4.69) is 0 Å². The highest BCUT2D eigenvalue weighted by Gasteiger charge is 2.69. The van der Waals surface area contributed by atoms with E-state index in [1.54, 1.807) is 6.92 Å². The predicted octanol–water partition coefficient (Wildman–Crippen LogP) is 0.961. The fraction of sp³-hybridized carbons (Fsp3) is 0.762. The molecule has 27 heavy (non-hydrogen) atoms. The quantitative estimate of drug-likeness (QED) is 0.662. The van der Waals surface area contributed by atoms with E-state index in [0.717, 1.165) is 0 Å². The largest absolute Gasteiger partial charge is 0.389 e. The number of aliphatic hydroxyl groups excluding tert-OH is 2. The second-order valence-corrected chi connectivity index (χ2v) is 9.52. The summed E-state index contributed by atoms with van der Waals surface area (Å²) in [5, 5.41) is 31.3. The normalized spacial score (nSPS) is 49.1. The highest BCUT2D eigenvalue weighted by molar-refractivity contribution is 5.94. The van der Waals surface area contributed by atoms with E-state index in [1.165, 1.54) is 6.08 Å². The molecule has 0 saturated heterocycles.